The van der Waals surface area contributed by atoms with E-state index >= 15 is 0 Å². The molecule has 0 aliphatic carbocycles. The predicted octanol–water partition coefficient (Wildman–Crippen LogP) is 2.32. The molecule has 1 atom stereocenters. The number of carbonyl (C=O) groups excluding carboxylic acids is 1. The SMILES string of the molecule is COc1cc(C(=O)CCC(C)N)c(OC)cc1C. The van der Waals surface area contributed by atoms with Crippen LogP contribution in [0.5, 0.6) is 11.5 Å². The summed E-state index contributed by atoms with van der Waals surface area (Å²) >= 11 is 0. The van der Waals surface area contributed by atoms with Crippen LogP contribution in [0.15, 0.2) is 12.1 Å². The summed E-state index contributed by atoms with van der Waals surface area (Å²) in [6, 6.07) is 3.57. The summed E-state index contributed by atoms with van der Waals surface area (Å²) in [6.45, 7) is 3.80. The Balaban J connectivity index is 3.02. The van der Waals surface area contributed by atoms with Crippen molar-refractivity contribution in [1.29, 1.82) is 0 Å². The van der Waals surface area contributed by atoms with E-state index in [4.69, 9.17) is 15.2 Å². The van der Waals surface area contributed by atoms with Gasteiger partial charge in [-0.15, -0.1) is 0 Å². The van der Waals surface area contributed by atoms with Gasteiger partial charge >= 0.3 is 0 Å². The number of Topliss-reactive ketones (excluding diaryl/α,β-unsaturated/α-hetero) is 1. The summed E-state index contributed by atoms with van der Waals surface area (Å²) in [5, 5.41) is 0. The number of hydrogen-bond donors (Lipinski definition) is 1. The van der Waals surface area contributed by atoms with Crippen LogP contribution in [0.4, 0.5) is 0 Å². The summed E-state index contributed by atoms with van der Waals surface area (Å²) in [5.41, 5.74) is 7.16. The van der Waals surface area contributed by atoms with Crippen LogP contribution >= 0.6 is 0 Å². The lowest BCUT2D eigenvalue weighted by atomic mass is 10.0. The average molecular weight is 251 g/mol. The Morgan fingerprint density at radius 3 is 2.39 bits per heavy atom. The molecule has 1 aromatic rings. The smallest absolute Gasteiger partial charge is 0.166 e. The maximum Gasteiger partial charge on any atom is 0.166 e. The number of rotatable bonds is 6. The Kier molecular flexibility index (Phi) is 5.16. The lowest BCUT2D eigenvalue weighted by molar-refractivity contribution is 0.0974. The average Bonchev–Trinajstić information content (AvgIpc) is 2.35. The molecule has 0 amide bonds. The molecule has 0 radical (unpaired) electrons. The second kappa shape index (κ2) is 6.40. The van der Waals surface area contributed by atoms with Crippen molar-refractivity contribution < 1.29 is 14.3 Å². The molecule has 0 saturated heterocycles. The van der Waals surface area contributed by atoms with Gasteiger partial charge in [0.25, 0.3) is 0 Å². The van der Waals surface area contributed by atoms with Crippen molar-refractivity contribution in [3.8, 4) is 11.5 Å². The molecule has 0 spiro atoms. The van der Waals surface area contributed by atoms with Gasteiger partial charge in [-0.2, -0.15) is 0 Å². The van der Waals surface area contributed by atoms with Crippen LogP contribution in [0.2, 0.25) is 0 Å². The maximum absolute atomic E-state index is 12.1. The van der Waals surface area contributed by atoms with Gasteiger partial charge in [0.15, 0.2) is 5.78 Å². The first-order valence-corrected chi connectivity index (χ1v) is 6.01. The third kappa shape index (κ3) is 3.47. The number of ketones is 1. The van der Waals surface area contributed by atoms with Gasteiger partial charge in [-0.3, -0.25) is 4.79 Å². The number of nitrogens with two attached hydrogens (primary N) is 1. The molecule has 0 aliphatic rings. The summed E-state index contributed by atoms with van der Waals surface area (Å²) in [4.78, 5) is 12.1. The largest absolute Gasteiger partial charge is 0.496 e. The number of hydrogen-bond acceptors (Lipinski definition) is 4. The van der Waals surface area contributed by atoms with Crippen LogP contribution < -0.4 is 15.2 Å². The molecule has 4 heteroatoms. The van der Waals surface area contributed by atoms with Gasteiger partial charge in [0.2, 0.25) is 0 Å². The topological polar surface area (TPSA) is 61.5 Å². The van der Waals surface area contributed by atoms with Crippen molar-refractivity contribution in [3.63, 3.8) is 0 Å². The number of carbonyl (C=O) groups is 1. The molecule has 100 valence electrons. The minimum atomic E-state index is 0.0206. The van der Waals surface area contributed by atoms with E-state index < -0.39 is 0 Å². The first kappa shape index (κ1) is 14.5. The van der Waals surface area contributed by atoms with Crippen molar-refractivity contribution in [2.45, 2.75) is 32.7 Å². The van der Waals surface area contributed by atoms with Crippen molar-refractivity contribution >= 4 is 5.78 Å². The van der Waals surface area contributed by atoms with E-state index in [0.717, 1.165) is 5.56 Å². The van der Waals surface area contributed by atoms with Gasteiger partial charge in [-0.1, -0.05) is 0 Å². The van der Waals surface area contributed by atoms with Gasteiger partial charge < -0.3 is 15.2 Å². The van der Waals surface area contributed by atoms with Crippen LogP contribution in [0.3, 0.4) is 0 Å². The van der Waals surface area contributed by atoms with E-state index in [9.17, 15) is 4.79 Å². The van der Waals surface area contributed by atoms with Crippen LogP contribution in [-0.4, -0.2) is 26.0 Å². The molecule has 0 bridgehead atoms. The van der Waals surface area contributed by atoms with Crippen LogP contribution in [0.25, 0.3) is 0 Å². The minimum absolute atomic E-state index is 0.0206. The van der Waals surface area contributed by atoms with Crippen molar-refractivity contribution in [2.75, 3.05) is 14.2 Å². The molecule has 0 aliphatic heterocycles. The molecular weight excluding hydrogens is 230 g/mol. The van der Waals surface area contributed by atoms with Crippen molar-refractivity contribution in [3.05, 3.63) is 23.3 Å². The van der Waals surface area contributed by atoms with Crippen molar-refractivity contribution in [2.24, 2.45) is 5.73 Å². The zero-order valence-corrected chi connectivity index (χ0v) is 11.4. The van der Waals surface area contributed by atoms with E-state index in [0.29, 0.717) is 29.9 Å². The molecule has 1 unspecified atom stereocenters. The fourth-order valence-corrected chi connectivity index (χ4v) is 1.76. The zero-order valence-electron chi connectivity index (χ0n) is 11.4. The fraction of sp³-hybridized carbons (Fsp3) is 0.500. The molecule has 0 aromatic heterocycles. The summed E-state index contributed by atoms with van der Waals surface area (Å²) < 4.78 is 10.5. The quantitative estimate of drug-likeness (QED) is 0.788. The number of methoxy groups -OCH3 is 2. The summed E-state index contributed by atoms with van der Waals surface area (Å²) in [5.74, 6) is 1.31. The Bertz CT molecular complexity index is 427. The summed E-state index contributed by atoms with van der Waals surface area (Å²) in [6.07, 6.45) is 1.08. The van der Waals surface area contributed by atoms with Gasteiger partial charge in [0, 0.05) is 12.5 Å². The normalized spacial score (nSPS) is 12.1. The third-order valence-corrected chi connectivity index (χ3v) is 2.84. The highest BCUT2D eigenvalue weighted by Crippen LogP contribution is 2.29. The Hall–Kier alpha value is -1.55. The minimum Gasteiger partial charge on any atom is -0.496 e. The lowest BCUT2D eigenvalue weighted by Crippen LogP contribution is -2.16. The number of benzene rings is 1. The van der Waals surface area contributed by atoms with E-state index in [1.54, 1.807) is 20.3 Å². The molecule has 0 heterocycles. The van der Waals surface area contributed by atoms with Crippen molar-refractivity contribution in [1.82, 2.24) is 0 Å². The zero-order chi connectivity index (χ0) is 13.7. The van der Waals surface area contributed by atoms with E-state index in [-0.39, 0.29) is 11.8 Å². The first-order valence-electron chi connectivity index (χ1n) is 6.01. The van der Waals surface area contributed by atoms with Crippen LogP contribution in [-0.2, 0) is 0 Å². The summed E-state index contributed by atoms with van der Waals surface area (Å²) in [7, 11) is 3.15. The fourth-order valence-electron chi connectivity index (χ4n) is 1.76. The predicted molar refractivity (Wildman–Crippen MR) is 71.5 cm³/mol. The van der Waals surface area contributed by atoms with E-state index in [1.165, 1.54) is 0 Å². The molecule has 0 saturated carbocycles. The highest BCUT2D eigenvalue weighted by Gasteiger charge is 2.15. The van der Waals surface area contributed by atoms with Gasteiger partial charge in [-0.25, -0.2) is 0 Å². The Labute approximate surface area is 108 Å². The first-order chi connectivity index (χ1) is 8.49. The molecule has 1 aromatic carbocycles. The lowest BCUT2D eigenvalue weighted by Gasteiger charge is -2.12. The third-order valence-electron chi connectivity index (χ3n) is 2.84. The Morgan fingerprint density at radius 1 is 1.28 bits per heavy atom. The van der Waals surface area contributed by atoms with E-state index in [2.05, 4.69) is 0 Å². The number of ether oxygens (including phenoxy) is 2. The van der Waals surface area contributed by atoms with Crippen LogP contribution in [0, 0.1) is 6.92 Å². The second-order valence-corrected chi connectivity index (χ2v) is 4.46. The van der Waals surface area contributed by atoms with Gasteiger partial charge in [0.1, 0.15) is 11.5 Å². The maximum atomic E-state index is 12.1. The van der Waals surface area contributed by atoms with E-state index in [1.807, 2.05) is 19.9 Å². The molecule has 1 rings (SSSR count). The van der Waals surface area contributed by atoms with Gasteiger partial charge in [-0.05, 0) is 38.0 Å². The van der Waals surface area contributed by atoms with Gasteiger partial charge in [0.05, 0.1) is 19.8 Å². The molecule has 2 N–H and O–H groups in total. The highest BCUT2D eigenvalue weighted by atomic mass is 16.5. The molecular formula is C14H21NO3. The number of aryl methyl sites for hydroxylation is 1. The molecule has 18 heavy (non-hydrogen) atoms. The highest BCUT2D eigenvalue weighted by molar-refractivity contribution is 5.99. The molecule has 0 fully saturated rings. The Morgan fingerprint density at radius 2 is 1.89 bits per heavy atom. The second-order valence-electron chi connectivity index (χ2n) is 4.46. The monoisotopic (exact) mass is 251 g/mol. The molecule has 4 nitrogen and oxygen atoms in total. The van der Waals surface area contributed by atoms with Crippen LogP contribution in [0.1, 0.15) is 35.7 Å². The standard InChI is InChI=1S/C14H21NO3/c1-9-7-14(18-4)11(8-13(9)17-3)12(16)6-5-10(2)15/h7-8,10H,5-6,15H2,1-4H3.